The van der Waals surface area contributed by atoms with E-state index in [2.05, 4.69) is 5.16 Å². The van der Waals surface area contributed by atoms with E-state index in [-0.39, 0.29) is 18.3 Å². The monoisotopic (exact) mass is 409 g/mol. The molecule has 1 aliphatic carbocycles. The van der Waals surface area contributed by atoms with Gasteiger partial charge < -0.3 is 24.9 Å². The van der Waals surface area contributed by atoms with E-state index < -0.39 is 18.2 Å². The van der Waals surface area contributed by atoms with Crippen LogP contribution in [-0.4, -0.2) is 44.4 Å². The molecule has 2 rings (SSSR count). The third kappa shape index (κ3) is 8.19. The number of hydrogen-bond donors (Lipinski definition) is 4. The van der Waals surface area contributed by atoms with Crippen LogP contribution in [0, 0.1) is 11.8 Å². The molecule has 4 unspecified atom stereocenters. The van der Waals surface area contributed by atoms with Gasteiger partial charge in [0.05, 0.1) is 24.2 Å². The predicted molar refractivity (Wildman–Crippen MR) is 109 cm³/mol. The number of aliphatic carboxylic acids is 1. The number of aliphatic hydroxyl groups is 2. The third-order valence-corrected chi connectivity index (χ3v) is 6.02. The minimum Gasteiger partial charge on any atom is -0.481 e. The van der Waals surface area contributed by atoms with Crippen molar-refractivity contribution in [1.29, 1.82) is 0 Å². The Morgan fingerprint density at radius 1 is 1.17 bits per heavy atom. The number of carbonyl (C=O) groups is 1. The molecule has 1 saturated carbocycles. The van der Waals surface area contributed by atoms with E-state index >= 15 is 0 Å². The first-order chi connectivity index (χ1) is 14.0. The van der Waals surface area contributed by atoms with Crippen molar-refractivity contribution in [2.24, 2.45) is 17.0 Å². The summed E-state index contributed by atoms with van der Waals surface area (Å²) < 4.78 is 5.30. The zero-order valence-electron chi connectivity index (χ0n) is 17.1. The summed E-state index contributed by atoms with van der Waals surface area (Å²) in [7, 11) is 0. The predicted octanol–water partition coefficient (Wildman–Crippen LogP) is 4.00. The number of oxime groups is 1. The van der Waals surface area contributed by atoms with Crippen LogP contribution < -0.4 is 0 Å². The van der Waals surface area contributed by atoms with Crippen molar-refractivity contribution in [2.75, 3.05) is 0 Å². The molecule has 1 aliphatic rings. The van der Waals surface area contributed by atoms with Crippen molar-refractivity contribution in [1.82, 2.24) is 0 Å². The highest BCUT2D eigenvalue weighted by molar-refractivity contribution is 5.89. The van der Waals surface area contributed by atoms with E-state index in [1.807, 2.05) is 12.1 Å². The van der Waals surface area contributed by atoms with Gasteiger partial charge in [-0.2, -0.15) is 0 Å². The van der Waals surface area contributed by atoms with Gasteiger partial charge in [0.1, 0.15) is 5.76 Å². The van der Waals surface area contributed by atoms with Gasteiger partial charge in [0, 0.05) is 25.2 Å². The summed E-state index contributed by atoms with van der Waals surface area (Å²) >= 11 is 0. The SMILES string of the molecule is O=C(O)CCCCCCC1C(O)C/C(=N\O)C1CCC(O)CCCc1ccco1. The van der Waals surface area contributed by atoms with Crippen LogP contribution in [0.3, 0.4) is 0 Å². The molecule has 1 aromatic rings. The average molecular weight is 410 g/mol. The molecule has 0 radical (unpaired) electrons. The van der Waals surface area contributed by atoms with Crippen molar-refractivity contribution in [2.45, 2.75) is 89.3 Å². The first-order valence-electron chi connectivity index (χ1n) is 10.8. The zero-order valence-corrected chi connectivity index (χ0v) is 17.1. The second-order valence-electron chi connectivity index (χ2n) is 8.18. The van der Waals surface area contributed by atoms with Crippen molar-refractivity contribution < 1.29 is 29.7 Å². The van der Waals surface area contributed by atoms with Gasteiger partial charge >= 0.3 is 5.97 Å². The molecule has 164 valence electrons. The molecule has 1 heterocycles. The first-order valence-corrected chi connectivity index (χ1v) is 10.8. The normalized spacial score (nSPS) is 24.2. The van der Waals surface area contributed by atoms with Crippen LogP contribution in [0.4, 0.5) is 0 Å². The lowest BCUT2D eigenvalue weighted by molar-refractivity contribution is -0.137. The minimum atomic E-state index is -0.761. The Balaban J connectivity index is 1.71. The highest BCUT2D eigenvalue weighted by Gasteiger charge is 2.39. The highest BCUT2D eigenvalue weighted by Crippen LogP contribution is 2.37. The summed E-state index contributed by atoms with van der Waals surface area (Å²) in [4.78, 5) is 10.6. The molecule has 0 spiro atoms. The van der Waals surface area contributed by atoms with Gasteiger partial charge in [-0.05, 0) is 56.6 Å². The lowest BCUT2D eigenvalue weighted by Crippen LogP contribution is -2.22. The fraction of sp³-hybridized carbons (Fsp3) is 0.727. The van der Waals surface area contributed by atoms with E-state index in [1.165, 1.54) is 0 Å². The van der Waals surface area contributed by atoms with Crippen molar-refractivity contribution in [3.8, 4) is 0 Å². The van der Waals surface area contributed by atoms with Gasteiger partial charge in [0.25, 0.3) is 0 Å². The minimum absolute atomic E-state index is 0.00579. The van der Waals surface area contributed by atoms with Crippen LogP contribution >= 0.6 is 0 Å². The summed E-state index contributed by atoms with van der Waals surface area (Å²) in [6.45, 7) is 0. The summed E-state index contributed by atoms with van der Waals surface area (Å²) in [5.41, 5.74) is 0.635. The average Bonchev–Trinajstić information content (AvgIpc) is 3.30. The quantitative estimate of drug-likeness (QED) is 0.209. The van der Waals surface area contributed by atoms with Gasteiger partial charge in [-0.15, -0.1) is 0 Å². The molecule has 0 aliphatic heterocycles. The van der Waals surface area contributed by atoms with Gasteiger partial charge in [0.2, 0.25) is 0 Å². The molecule has 0 bridgehead atoms. The van der Waals surface area contributed by atoms with Gasteiger partial charge in [-0.1, -0.05) is 24.4 Å². The fourth-order valence-electron chi connectivity index (χ4n) is 4.41. The number of carboxylic acids is 1. The van der Waals surface area contributed by atoms with Gasteiger partial charge in [0.15, 0.2) is 0 Å². The summed E-state index contributed by atoms with van der Waals surface area (Å²) in [5.74, 6) is 0.196. The van der Waals surface area contributed by atoms with E-state index in [0.29, 0.717) is 37.8 Å². The van der Waals surface area contributed by atoms with Crippen LogP contribution in [0.25, 0.3) is 0 Å². The Kier molecular flexibility index (Phi) is 10.2. The maximum Gasteiger partial charge on any atom is 0.303 e. The number of aliphatic hydroxyl groups excluding tert-OH is 2. The summed E-state index contributed by atoms with van der Waals surface area (Å²) in [6, 6.07) is 3.79. The molecule has 7 nitrogen and oxygen atoms in total. The molecule has 0 aromatic carbocycles. The number of aryl methyl sites for hydroxylation is 1. The maximum absolute atomic E-state index is 10.6. The Morgan fingerprint density at radius 2 is 1.97 bits per heavy atom. The number of furan rings is 1. The standard InChI is InChI=1S/C22H35NO6/c24-16(7-5-8-17-9-6-14-29-17)12-13-18-19(21(25)15-20(18)23-28)10-3-1-2-4-11-22(26)27/h6,9,14,16,18-19,21,24-25,28H,1-5,7-8,10-13,15H2,(H,26,27)/b23-20+. The first kappa shape index (κ1) is 23.4. The molecule has 29 heavy (non-hydrogen) atoms. The number of unbranched alkanes of at least 4 members (excludes halogenated alkanes) is 3. The Bertz CT molecular complexity index is 615. The summed E-state index contributed by atoms with van der Waals surface area (Å²) in [6.07, 6.45) is 9.20. The van der Waals surface area contributed by atoms with Crippen LogP contribution in [0.2, 0.25) is 0 Å². The highest BCUT2D eigenvalue weighted by atomic mass is 16.4. The number of carboxylic acid groups (broad SMARTS) is 1. The third-order valence-electron chi connectivity index (χ3n) is 6.02. The number of nitrogens with zero attached hydrogens (tertiary/aromatic N) is 1. The molecule has 0 saturated heterocycles. The zero-order chi connectivity index (χ0) is 21.1. The summed E-state index contributed by atoms with van der Waals surface area (Å²) in [5, 5.41) is 42.2. The Labute approximate surface area is 172 Å². The largest absolute Gasteiger partial charge is 0.481 e. The second-order valence-corrected chi connectivity index (χ2v) is 8.18. The van der Waals surface area contributed by atoms with E-state index in [9.17, 15) is 20.2 Å². The number of rotatable bonds is 14. The van der Waals surface area contributed by atoms with Gasteiger partial charge in [-0.3, -0.25) is 4.79 Å². The van der Waals surface area contributed by atoms with E-state index in [0.717, 1.165) is 44.3 Å². The Hall–Kier alpha value is -1.86. The van der Waals surface area contributed by atoms with Crippen molar-refractivity contribution >= 4 is 11.7 Å². The molecule has 4 N–H and O–H groups in total. The van der Waals surface area contributed by atoms with Crippen molar-refractivity contribution in [3.05, 3.63) is 24.2 Å². The van der Waals surface area contributed by atoms with Crippen molar-refractivity contribution in [3.63, 3.8) is 0 Å². The fourth-order valence-corrected chi connectivity index (χ4v) is 4.41. The molecular weight excluding hydrogens is 374 g/mol. The van der Waals surface area contributed by atoms with Crippen LogP contribution in [0.1, 0.15) is 76.4 Å². The smallest absolute Gasteiger partial charge is 0.303 e. The number of hydrogen-bond acceptors (Lipinski definition) is 6. The molecule has 1 fully saturated rings. The lowest BCUT2D eigenvalue weighted by atomic mass is 9.84. The molecule has 4 atom stereocenters. The Morgan fingerprint density at radius 3 is 2.66 bits per heavy atom. The lowest BCUT2D eigenvalue weighted by Gasteiger charge is -2.23. The van der Waals surface area contributed by atoms with E-state index in [4.69, 9.17) is 9.52 Å². The molecule has 0 amide bonds. The molecular formula is C22H35NO6. The topological polar surface area (TPSA) is 123 Å². The molecule has 7 heteroatoms. The van der Waals surface area contributed by atoms with Gasteiger partial charge in [-0.25, -0.2) is 0 Å². The van der Waals surface area contributed by atoms with E-state index in [1.54, 1.807) is 6.26 Å². The van der Waals surface area contributed by atoms with Crippen LogP contribution in [-0.2, 0) is 11.2 Å². The van der Waals surface area contributed by atoms with Crippen LogP contribution in [0.5, 0.6) is 0 Å². The second kappa shape index (κ2) is 12.6. The van der Waals surface area contributed by atoms with Crippen LogP contribution in [0.15, 0.2) is 28.0 Å². The maximum atomic E-state index is 10.6. The molecule has 1 aromatic heterocycles.